The number of anilines is 1. The molecule has 0 fully saturated rings. The van der Waals surface area contributed by atoms with Gasteiger partial charge in [-0.25, -0.2) is 19.3 Å². The minimum absolute atomic E-state index is 0.267. The van der Waals surface area contributed by atoms with Crippen molar-refractivity contribution in [3.8, 4) is 0 Å². The van der Waals surface area contributed by atoms with Crippen LogP contribution in [0.15, 0.2) is 17.2 Å². The summed E-state index contributed by atoms with van der Waals surface area (Å²) in [5, 5.41) is 9.60. The zero-order valence-electron chi connectivity index (χ0n) is 10.5. The molecule has 0 saturated carbocycles. The quantitative estimate of drug-likeness (QED) is 0.773. The highest BCUT2D eigenvalue weighted by molar-refractivity contribution is 7.99. The van der Waals surface area contributed by atoms with E-state index in [9.17, 15) is 4.79 Å². The summed E-state index contributed by atoms with van der Waals surface area (Å²) in [6, 6.07) is 2.12. The minimum atomic E-state index is -0.267. The molecule has 0 spiro atoms. The Balaban J connectivity index is 2.01. The maximum absolute atomic E-state index is 11.3. The first-order valence-electron chi connectivity index (χ1n) is 5.97. The van der Waals surface area contributed by atoms with Gasteiger partial charge in [0.25, 0.3) is 0 Å². The van der Waals surface area contributed by atoms with Crippen LogP contribution in [-0.2, 0) is 0 Å². The molecule has 2 rings (SSSR count). The second-order valence-electron chi connectivity index (χ2n) is 4.06. The van der Waals surface area contributed by atoms with Crippen molar-refractivity contribution in [3.05, 3.63) is 22.9 Å². The van der Waals surface area contributed by atoms with Gasteiger partial charge in [-0.15, -0.1) is 0 Å². The third kappa shape index (κ3) is 3.04. The third-order valence-electron chi connectivity index (χ3n) is 2.60. The molecule has 0 aliphatic heterocycles. The summed E-state index contributed by atoms with van der Waals surface area (Å²) in [5.74, 6) is 3.03. The number of aromatic amines is 1. The average Bonchev–Trinajstić information content (AvgIpc) is 2.71. The van der Waals surface area contributed by atoms with Crippen molar-refractivity contribution in [1.82, 2.24) is 19.6 Å². The number of nitrogens with one attached hydrogen (secondary N) is 2. The van der Waals surface area contributed by atoms with Crippen LogP contribution in [0.4, 0.5) is 5.82 Å². The van der Waals surface area contributed by atoms with Crippen molar-refractivity contribution in [2.75, 3.05) is 16.8 Å². The van der Waals surface area contributed by atoms with Gasteiger partial charge in [-0.1, -0.05) is 6.92 Å². The summed E-state index contributed by atoms with van der Waals surface area (Å²) in [6.07, 6.45) is 2.57. The van der Waals surface area contributed by atoms with Crippen molar-refractivity contribution in [1.29, 1.82) is 0 Å². The van der Waals surface area contributed by atoms with E-state index in [4.69, 9.17) is 0 Å². The largest absolute Gasteiger partial charge is 0.367 e. The van der Waals surface area contributed by atoms with Crippen LogP contribution in [0.3, 0.4) is 0 Å². The molecule has 6 nitrogen and oxygen atoms in total. The molecular weight excluding hydrogens is 250 g/mol. The molecule has 1 unspecified atom stereocenters. The number of nitrogens with zero attached hydrogens (tertiary/aromatic N) is 3. The highest BCUT2D eigenvalue weighted by Crippen LogP contribution is 2.10. The van der Waals surface area contributed by atoms with Crippen LogP contribution in [0.1, 0.15) is 20.3 Å². The van der Waals surface area contributed by atoms with Crippen LogP contribution in [0.2, 0.25) is 0 Å². The minimum Gasteiger partial charge on any atom is -0.367 e. The number of rotatable bonds is 6. The van der Waals surface area contributed by atoms with Crippen molar-refractivity contribution >= 4 is 23.2 Å². The molecule has 98 valence electrons. The number of H-pyrrole nitrogens is 1. The van der Waals surface area contributed by atoms with Gasteiger partial charge < -0.3 is 5.32 Å². The lowest BCUT2D eigenvalue weighted by Crippen LogP contribution is -2.17. The molecule has 2 N–H and O–H groups in total. The van der Waals surface area contributed by atoms with E-state index in [1.165, 1.54) is 10.7 Å². The molecule has 1 atom stereocenters. The molecule has 2 heterocycles. The summed E-state index contributed by atoms with van der Waals surface area (Å²) in [6.45, 7) is 4.28. The maximum Gasteiger partial charge on any atom is 0.348 e. The first-order chi connectivity index (χ1) is 8.70. The number of fused-ring (bicyclic) bond motifs is 1. The molecule has 18 heavy (non-hydrogen) atoms. The van der Waals surface area contributed by atoms with Gasteiger partial charge in [0.05, 0.1) is 0 Å². The van der Waals surface area contributed by atoms with E-state index in [1.807, 2.05) is 11.8 Å². The number of hydrogen-bond donors (Lipinski definition) is 2. The van der Waals surface area contributed by atoms with Gasteiger partial charge in [0, 0.05) is 12.1 Å². The molecule has 2 aromatic heterocycles. The highest BCUT2D eigenvalue weighted by atomic mass is 32.2. The second-order valence-corrected chi connectivity index (χ2v) is 5.46. The van der Waals surface area contributed by atoms with Gasteiger partial charge in [-0.3, -0.25) is 0 Å². The van der Waals surface area contributed by atoms with Crippen LogP contribution in [0.25, 0.3) is 5.65 Å². The topological polar surface area (TPSA) is 75.1 Å². The number of thioether (sulfide) groups is 1. The van der Waals surface area contributed by atoms with E-state index in [2.05, 4.69) is 34.3 Å². The van der Waals surface area contributed by atoms with Crippen LogP contribution in [-0.4, -0.2) is 37.1 Å². The SMILES string of the molecule is CCSCCC(C)Nc1cc2n[nH]c(=O)n2cn1. The predicted molar refractivity (Wildman–Crippen MR) is 74.3 cm³/mol. The van der Waals surface area contributed by atoms with E-state index in [1.54, 1.807) is 6.07 Å². The maximum atomic E-state index is 11.3. The second kappa shape index (κ2) is 5.90. The zero-order valence-corrected chi connectivity index (χ0v) is 11.3. The van der Waals surface area contributed by atoms with E-state index in [-0.39, 0.29) is 5.69 Å². The summed E-state index contributed by atoms with van der Waals surface area (Å²) < 4.78 is 1.38. The molecular formula is C11H17N5OS. The average molecular weight is 267 g/mol. The standard InChI is InChI=1S/C11H17N5OS/c1-3-18-5-4-8(2)13-9-6-10-14-15-11(17)16(10)7-12-9/h6-8,13H,3-5H2,1-2H3,(H,15,17). The van der Waals surface area contributed by atoms with Crippen LogP contribution in [0, 0.1) is 0 Å². The molecule has 0 amide bonds. The first-order valence-corrected chi connectivity index (χ1v) is 7.13. The van der Waals surface area contributed by atoms with E-state index in [0.717, 1.165) is 23.7 Å². The molecule has 7 heteroatoms. The predicted octanol–water partition coefficient (Wildman–Crippen LogP) is 1.36. The summed E-state index contributed by atoms with van der Waals surface area (Å²) in [5.41, 5.74) is 0.309. The molecule has 0 aliphatic carbocycles. The molecule has 0 radical (unpaired) electrons. The van der Waals surface area contributed by atoms with E-state index >= 15 is 0 Å². The van der Waals surface area contributed by atoms with Crippen molar-refractivity contribution in [2.24, 2.45) is 0 Å². The summed E-state index contributed by atoms with van der Waals surface area (Å²) in [7, 11) is 0. The van der Waals surface area contributed by atoms with Gasteiger partial charge in [-0.05, 0) is 24.9 Å². The van der Waals surface area contributed by atoms with Gasteiger partial charge in [0.1, 0.15) is 12.1 Å². The number of aromatic nitrogens is 4. The lowest BCUT2D eigenvalue weighted by atomic mass is 10.2. The fourth-order valence-electron chi connectivity index (χ4n) is 1.62. The third-order valence-corrected chi connectivity index (χ3v) is 3.54. The van der Waals surface area contributed by atoms with Gasteiger partial charge in [-0.2, -0.15) is 16.9 Å². The van der Waals surface area contributed by atoms with E-state index < -0.39 is 0 Å². The zero-order chi connectivity index (χ0) is 13.0. The Bertz CT molecular complexity index is 564. The Labute approximate surface area is 109 Å². The number of hydrogen-bond acceptors (Lipinski definition) is 5. The molecule has 0 aromatic carbocycles. The van der Waals surface area contributed by atoms with Crippen LogP contribution in [0.5, 0.6) is 0 Å². The highest BCUT2D eigenvalue weighted by Gasteiger charge is 2.05. The fraction of sp³-hybridized carbons (Fsp3) is 0.545. The molecule has 2 aromatic rings. The van der Waals surface area contributed by atoms with Crippen molar-refractivity contribution in [3.63, 3.8) is 0 Å². The van der Waals surface area contributed by atoms with Crippen molar-refractivity contribution in [2.45, 2.75) is 26.3 Å². The Hall–Kier alpha value is -1.50. The van der Waals surface area contributed by atoms with Crippen molar-refractivity contribution < 1.29 is 0 Å². The van der Waals surface area contributed by atoms with E-state index in [0.29, 0.717) is 11.7 Å². The van der Waals surface area contributed by atoms with Gasteiger partial charge in [0.15, 0.2) is 5.65 Å². The molecule has 0 bridgehead atoms. The van der Waals surface area contributed by atoms with Gasteiger partial charge >= 0.3 is 5.69 Å². The normalized spacial score (nSPS) is 12.8. The summed E-state index contributed by atoms with van der Waals surface area (Å²) in [4.78, 5) is 15.5. The monoisotopic (exact) mass is 267 g/mol. The molecule has 0 saturated heterocycles. The smallest absolute Gasteiger partial charge is 0.348 e. The Kier molecular flexibility index (Phi) is 4.24. The Morgan fingerprint density at radius 2 is 2.44 bits per heavy atom. The lowest BCUT2D eigenvalue weighted by Gasteiger charge is -2.13. The van der Waals surface area contributed by atoms with Crippen LogP contribution >= 0.6 is 11.8 Å². The molecule has 0 aliphatic rings. The Morgan fingerprint density at radius 3 is 3.22 bits per heavy atom. The lowest BCUT2D eigenvalue weighted by molar-refractivity contribution is 0.765. The Morgan fingerprint density at radius 1 is 1.61 bits per heavy atom. The van der Waals surface area contributed by atoms with Crippen LogP contribution < -0.4 is 11.0 Å². The first kappa shape index (κ1) is 12.9. The van der Waals surface area contributed by atoms with Gasteiger partial charge in [0.2, 0.25) is 0 Å². The summed E-state index contributed by atoms with van der Waals surface area (Å²) >= 11 is 1.93. The fourth-order valence-corrected chi connectivity index (χ4v) is 2.43.